The van der Waals surface area contributed by atoms with Crippen LogP contribution in [0.25, 0.3) is 0 Å². The molecule has 0 saturated carbocycles. The molecule has 2 aliphatic heterocycles. The number of aromatic hydroxyl groups is 1. The van der Waals surface area contributed by atoms with Gasteiger partial charge < -0.3 is 29.0 Å². The number of fused-ring (bicyclic) bond motifs is 1. The number of carbonyl (C=O) groups is 1. The number of hydrogen-bond donors (Lipinski definition) is 1. The number of para-hydroxylation sites is 2. The van der Waals surface area contributed by atoms with E-state index in [4.69, 9.17) is 18.9 Å². The Morgan fingerprint density at radius 2 is 1.92 bits per heavy atom. The Morgan fingerprint density at radius 3 is 2.64 bits per heavy atom. The monoisotopic (exact) mass is 534 g/mol. The van der Waals surface area contributed by atoms with Crippen LogP contribution in [0.15, 0.2) is 60.2 Å². The van der Waals surface area contributed by atoms with Crippen molar-refractivity contribution in [1.82, 2.24) is 4.90 Å². The van der Waals surface area contributed by atoms with Gasteiger partial charge in [0.05, 0.1) is 31.4 Å². The molecule has 0 amide bonds. The lowest BCUT2D eigenvalue weighted by atomic mass is 9.88. The molecule has 1 saturated heterocycles. The van der Waals surface area contributed by atoms with E-state index < -0.39 is 6.10 Å². The molecule has 2 heterocycles. The third-order valence-corrected chi connectivity index (χ3v) is 7.87. The predicted molar refractivity (Wildman–Crippen MR) is 150 cm³/mol. The lowest BCUT2D eigenvalue weighted by Crippen LogP contribution is -2.46. The minimum absolute atomic E-state index is 0.0986. The average Bonchev–Trinajstić information content (AvgIpc) is 2.95. The maximum absolute atomic E-state index is 12.9. The van der Waals surface area contributed by atoms with E-state index >= 15 is 0 Å². The number of carbonyl (C=O) groups excluding carboxylic acids is 1. The number of rotatable bonds is 9. The largest absolute Gasteiger partial charge is 0.507 e. The summed E-state index contributed by atoms with van der Waals surface area (Å²) in [6.45, 7) is 7.29. The molecule has 0 spiro atoms. The van der Waals surface area contributed by atoms with Crippen LogP contribution in [0.1, 0.15) is 36.5 Å². The van der Waals surface area contributed by atoms with Crippen LogP contribution in [0.4, 0.5) is 5.69 Å². The number of methoxy groups -OCH3 is 2. The Kier molecular flexibility index (Phi) is 8.14. The summed E-state index contributed by atoms with van der Waals surface area (Å²) in [5.74, 6) is 1.55. The van der Waals surface area contributed by atoms with Crippen molar-refractivity contribution in [3.05, 3.63) is 65.8 Å². The molecule has 3 aliphatic rings. The maximum atomic E-state index is 12.9. The molecule has 1 fully saturated rings. The number of Topliss-reactive ketones (excluding diaryl/α,β-unsaturated/α-hetero) is 1. The van der Waals surface area contributed by atoms with Gasteiger partial charge in [0.25, 0.3) is 0 Å². The van der Waals surface area contributed by atoms with Gasteiger partial charge in [-0.2, -0.15) is 0 Å². The molecule has 0 bridgehead atoms. The van der Waals surface area contributed by atoms with Crippen LogP contribution >= 0.6 is 0 Å². The van der Waals surface area contributed by atoms with Crippen LogP contribution in [0.2, 0.25) is 0 Å². The van der Waals surface area contributed by atoms with Crippen LogP contribution in [0.5, 0.6) is 23.0 Å². The Balaban J connectivity index is 1.12. The highest BCUT2D eigenvalue weighted by Crippen LogP contribution is 2.40. The third kappa shape index (κ3) is 6.07. The second kappa shape index (κ2) is 11.7. The quantitative estimate of drug-likeness (QED) is 0.467. The van der Waals surface area contributed by atoms with Gasteiger partial charge >= 0.3 is 0 Å². The number of nitrogens with zero attached hydrogens (tertiary/aromatic N) is 2. The van der Waals surface area contributed by atoms with Crippen molar-refractivity contribution in [2.75, 3.05) is 58.5 Å². The number of benzene rings is 2. The standard InChI is InChI=1S/C31H38N2O6/c1-31(37-3)11-9-22(10-12-31)28-21-26(35)30-25(34)19-23(20-29(30)39-28)38-18-6-13-32-14-16-33(17-15-32)24-7-4-5-8-27(24)36-2/h4-5,7-11,19-20,28,34H,6,12-18,21H2,1-3H3. The first-order valence-corrected chi connectivity index (χ1v) is 13.6. The molecule has 2 aromatic rings. The van der Waals surface area contributed by atoms with Gasteiger partial charge in [-0.3, -0.25) is 9.69 Å². The maximum Gasteiger partial charge on any atom is 0.174 e. The number of ketones is 1. The molecule has 8 nitrogen and oxygen atoms in total. The van der Waals surface area contributed by atoms with Gasteiger partial charge in [-0.1, -0.05) is 30.4 Å². The van der Waals surface area contributed by atoms with Gasteiger partial charge in [-0.25, -0.2) is 0 Å². The molecule has 39 heavy (non-hydrogen) atoms. The highest BCUT2D eigenvalue weighted by molar-refractivity contribution is 6.03. The Bertz CT molecular complexity index is 1250. The Morgan fingerprint density at radius 1 is 1.13 bits per heavy atom. The van der Waals surface area contributed by atoms with Crippen LogP contribution < -0.4 is 19.1 Å². The molecule has 5 rings (SSSR count). The number of hydrogen-bond acceptors (Lipinski definition) is 8. The van der Waals surface area contributed by atoms with Gasteiger partial charge in [0.15, 0.2) is 5.78 Å². The van der Waals surface area contributed by atoms with Gasteiger partial charge in [0.2, 0.25) is 0 Å². The van der Waals surface area contributed by atoms with E-state index in [1.165, 1.54) is 6.07 Å². The summed E-state index contributed by atoms with van der Waals surface area (Å²) >= 11 is 0. The summed E-state index contributed by atoms with van der Waals surface area (Å²) in [5, 5.41) is 10.6. The van der Waals surface area contributed by atoms with Gasteiger partial charge in [0, 0.05) is 52.0 Å². The summed E-state index contributed by atoms with van der Waals surface area (Å²) < 4.78 is 23.2. The molecule has 1 aliphatic carbocycles. The number of phenols is 1. The summed E-state index contributed by atoms with van der Waals surface area (Å²) in [6, 6.07) is 11.4. The zero-order chi connectivity index (χ0) is 27.4. The number of piperazine rings is 1. The number of ether oxygens (including phenoxy) is 4. The highest BCUT2D eigenvalue weighted by Gasteiger charge is 2.33. The van der Waals surface area contributed by atoms with Gasteiger partial charge in [0.1, 0.15) is 34.7 Å². The third-order valence-electron chi connectivity index (χ3n) is 7.87. The second-order valence-corrected chi connectivity index (χ2v) is 10.5. The molecule has 2 aromatic carbocycles. The topological polar surface area (TPSA) is 80.7 Å². The molecule has 2 unspecified atom stereocenters. The van der Waals surface area contributed by atoms with Crippen molar-refractivity contribution in [1.29, 1.82) is 0 Å². The molecule has 1 N–H and O–H groups in total. The zero-order valence-corrected chi connectivity index (χ0v) is 23.0. The molecular formula is C31H38N2O6. The Hall–Kier alpha value is -3.49. The van der Waals surface area contributed by atoms with Gasteiger partial charge in [-0.05, 0) is 37.5 Å². The minimum atomic E-state index is -0.396. The van der Waals surface area contributed by atoms with E-state index in [0.29, 0.717) is 24.5 Å². The molecule has 8 heteroatoms. The first kappa shape index (κ1) is 27.1. The van der Waals surface area contributed by atoms with E-state index in [-0.39, 0.29) is 29.1 Å². The minimum Gasteiger partial charge on any atom is -0.507 e. The fraction of sp³-hybridized carbons (Fsp3) is 0.452. The van der Waals surface area contributed by atoms with E-state index in [1.807, 2.05) is 37.3 Å². The summed E-state index contributed by atoms with van der Waals surface area (Å²) in [6.07, 6.45) is 7.37. The first-order chi connectivity index (χ1) is 18.9. The number of phenolic OH excluding ortho intramolecular Hbond substituents is 1. The lowest BCUT2D eigenvalue weighted by molar-refractivity contribution is 0.0495. The van der Waals surface area contributed by atoms with E-state index in [2.05, 4.69) is 21.9 Å². The fourth-order valence-corrected chi connectivity index (χ4v) is 5.38. The SMILES string of the molecule is COc1ccccc1N1CCN(CCCOc2cc(O)c3c(c2)OC(C2=CCC(C)(OC)C=C2)CC3=O)CC1. The van der Waals surface area contributed by atoms with Crippen LogP contribution in [0, 0.1) is 0 Å². The average molecular weight is 535 g/mol. The van der Waals surface area contributed by atoms with E-state index in [0.717, 1.165) is 56.2 Å². The summed E-state index contributed by atoms with van der Waals surface area (Å²) in [4.78, 5) is 17.7. The van der Waals surface area contributed by atoms with Crippen molar-refractivity contribution in [2.45, 2.75) is 37.9 Å². The van der Waals surface area contributed by atoms with E-state index in [9.17, 15) is 9.90 Å². The molecule has 2 atom stereocenters. The normalized spacial score (nSPS) is 23.2. The van der Waals surface area contributed by atoms with Crippen LogP contribution in [-0.2, 0) is 4.74 Å². The number of anilines is 1. The van der Waals surface area contributed by atoms with Gasteiger partial charge in [-0.15, -0.1) is 0 Å². The summed E-state index contributed by atoms with van der Waals surface area (Å²) in [7, 11) is 3.40. The van der Waals surface area contributed by atoms with Crippen LogP contribution in [0.3, 0.4) is 0 Å². The van der Waals surface area contributed by atoms with Crippen molar-refractivity contribution in [3.8, 4) is 23.0 Å². The molecule has 208 valence electrons. The zero-order valence-electron chi connectivity index (χ0n) is 23.0. The molecular weight excluding hydrogens is 496 g/mol. The van der Waals surface area contributed by atoms with Crippen LogP contribution in [-0.4, -0.2) is 81.0 Å². The summed E-state index contributed by atoms with van der Waals surface area (Å²) in [5.41, 5.74) is 1.97. The van der Waals surface area contributed by atoms with Crippen molar-refractivity contribution < 1.29 is 28.8 Å². The predicted octanol–water partition coefficient (Wildman–Crippen LogP) is 4.62. The van der Waals surface area contributed by atoms with E-state index in [1.54, 1.807) is 20.3 Å². The lowest BCUT2D eigenvalue weighted by Gasteiger charge is -2.36. The van der Waals surface area contributed by atoms with Crippen molar-refractivity contribution in [2.24, 2.45) is 0 Å². The molecule has 0 radical (unpaired) electrons. The van der Waals surface area contributed by atoms with Crippen molar-refractivity contribution in [3.63, 3.8) is 0 Å². The smallest absolute Gasteiger partial charge is 0.174 e. The van der Waals surface area contributed by atoms with Crippen molar-refractivity contribution >= 4 is 11.5 Å². The second-order valence-electron chi connectivity index (χ2n) is 10.5. The highest BCUT2D eigenvalue weighted by atomic mass is 16.5. The molecule has 0 aromatic heterocycles. The first-order valence-electron chi connectivity index (χ1n) is 13.6. The fourth-order valence-electron chi connectivity index (χ4n) is 5.38. The Labute approximate surface area is 230 Å².